The SMILES string of the molecule is Cc1nc(-c2ccc(S(=O)(=O)c3ccc(NC(=O)C(C)(O)C(F)(F)F)c(Cl)c3)cc2)no1. The standard InChI is InChI=1S/C19H15ClF3N3O5S/c1-10-24-16(26-31-10)11-3-5-12(6-4-11)32(29,30)13-7-8-15(14(20)9-13)25-17(27)18(2,28)19(21,22)23/h3-9,28H,1-2H3,(H,25,27). The van der Waals surface area contributed by atoms with Crippen molar-refractivity contribution in [2.24, 2.45) is 0 Å². The van der Waals surface area contributed by atoms with Crippen LogP contribution in [0, 0.1) is 6.92 Å². The van der Waals surface area contributed by atoms with Gasteiger partial charge in [0.25, 0.3) is 5.91 Å². The summed E-state index contributed by atoms with van der Waals surface area (Å²) in [7, 11) is -4.04. The van der Waals surface area contributed by atoms with Crippen molar-refractivity contribution in [3.8, 4) is 11.4 Å². The number of amides is 1. The Kier molecular flexibility index (Phi) is 6.06. The van der Waals surface area contributed by atoms with Crippen LogP contribution < -0.4 is 5.32 Å². The predicted octanol–water partition coefficient (Wildman–Crippen LogP) is 3.78. The van der Waals surface area contributed by atoms with Gasteiger partial charge in [0.15, 0.2) is 0 Å². The van der Waals surface area contributed by atoms with Crippen molar-refractivity contribution in [3.05, 3.63) is 53.4 Å². The van der Waals surface area contributed by atoms with E-state index in [1.807, 2.05) is 5.32 Å². The number of nitrogens with one attached hydrogen (secondary N) is 1. The van der Waals surface area contributed by atoms with Crippen LogP contribution in [-0.4, -0.2) is 41.3 Å². The first-order valence-corrected chi connectivity index (χ1v) is 10.7. The van der Waals surface area contributed by atoms with Gasteiger partial charge >= 0.3 is 6.18 Å². The zero-order valence-corrected chi connectivity index (χ0v) is 18.0. The molecule has 13 heteroatoms. The minimum Gasteiger partial charge on any atom is -0.373 e. The summed E-state index contributed by atoms with van der Waals surface area (Å²) in [5, 5.41) is 14.7. The second-order valence-corrected chi connectivity index (χ2v) is 9.19. The van der Waals surface area contributed by atoms with Crippen molar-refractivity contribution >= 4 is 33.0 Å². The van der Waals surface area contributed by atoms with E-state index in [0.29, 0.717) is 11.5 Å². The second kappa shape index (κ2) is 8.19. The van der Waals surface area contributed by atoms with Crippen LogP contribution in [-0.2, 0) is 14.6 Å². The van der Waals surface area contributed by atoms with Gasteiger partial charge in [0, 0.05) is 12.5 Å². The molecular weight excluding hydrogens is 475 g/mol. The van der Waals surface area contributed by atoms with Crippen molar-refractivity contribution in [1.82, 2.24) is 10.1 Å². The number of aromatic nitrogens is 2. The fourth-order valence-corrected chi connectivity index (χ4v) is 4.05. The van der Waals surface area contributed by atoms with E-state index in [1.165, 1.54) is 24.3 Å². The van der Waals surface area contributed by atoms with Gasteiger partial charge in [-0.3, -0.25) is 4.79 Å². The van der Waals surface area contributed by atoms with Gasteiger partial charge in [0.1, 0.15) is 0 Å². The van der Waals surface area contributed by atoms with Gasteiger partial charge in [0.2, 0.25) is 27.2 Å². The summed E-state index contributed by atoms with van der Waals surface area (Å²) in [6, 6.07) is 8.66. The number of anilines is 1. The first kappa shape index (κ1) is 23.7. The summed E-state index contributed by atoms with van der Waals surface area (Å²) in [6.45, 7) is 1.89. The number of nitrogens with zero attached hydrogens (tertiary/aromatic N) is 2. The molecule has 32 heavy (non-hydrogen) atoms. The number of carbonyl (C=O) groups is 1. The number of sulfone groups is 1. The first-order chi connectivity index (χ1) is 14.7. The maximum Gasteiger partial charge on any atom is 0.426 e. The summed E-state index contributed by atoms with van der Waals surface area (Å²) >= 11 is 5.97. The third-order valence-electron chi connectivity index (χ3n) is 4.44. The first-order valence-electron chi connectivity index (χ1n) is 8.79. The molecule has 8 nitrogen and oxygen atoms in total. The Balaban J connectivity index is 1.85. The molecule has 3 aromatic rings. The summed E-state index contributed by atoms with van der Waals surface area (Å²) in [4.78, 5) is 15.5. The van der Waals surface area contributed by atoms with Crippen LogP contribution in [0.1, 0.15) is 12.8 Å². The molecule has 1 atom stereocenters. The molecule has 1 heterocycles. The highest BCUT2D eigenvalue weighted by molar-refractivity contribution is 7.91. The number of aryl methyl sites for hydroxylation is 1. The van der Waals surface area contributed by atoms with Crippen molar-refractivity contribution in [2.75, 3.05) is 5.32 Å². The maximum absolute atomic E-state index is 12.9. The van der Waals surface area contributed by atoms with Gasteiger partial charge in [-0.25, -0.2) is 8.42 Å². The molecule has 0 fully saturated rings. The average Bonchev–Trinajstić information content (AvgIpc) is 3.15. The monoisotopic (exact) mass is 489 g/mol. The number of halogens is 4. The summed E-state index contributed by atoms with van der Waals surface area (Å²) in [6.07, 6.45) is -5.22. The molecule has 2 N–H and O–H groups in total. The van der Waals surface area contributed by atoms with Crippen LogP contribution in [0.2, 0.25) is 5.02 Å². The predicted molar refractivity (Wildman–Crippen MR) is 107 cm³/mol. The Bertz CT molecular complexity index is 1270. The number of aliphatic hydroxyl groups is 1. The van der Waals surface area contributed by atoms with Crippen molar-refractivity contribution in [1.29, 1.82) is 0 Å². The average molecular weight is 490 g/mol. The Morgan fingerprint density at radius 1 is 1.12 bits per heavy atom. The van der Waals surface area contributed by atoms with E-state index in [-0.39, 0.29) is 33.2 Å². The molecule has 1 amide bonds. The number of rotatable bonds is 5. The van der Waals surface area contributed by atoms with Gasteiger partial charge in [-0.2, -0.15) is 18.2 Å². The van der Waals surface area contributed by atoms with Crippen LogP contribution in [0.4, 0.5) is 18.9 Å². The van der Waals surface area contributed by atoms with Gasteiger partial charge in [-0.15, -0.1) is 0 Å². The maximum atomic E-state index is 12.9. The third-order valence-corrected chi connectivity index (χ3v) is 6.52. The minimum absolute atomic E-state index is 0.0886. The molecule has 0 saturated carbocycles. The lowest BCUT2D eigenvalue weighted by Crippen LogP contribution is -2.52. The largest absolute Gasteiger partial charge is 0.426 e. The Labute approximate surface area is 184 Å². The van der Waals surface area contributed by atoms with Gasteiger partial charge < -0.3 is 14.9 Å². The topological polar surface area (TPSA) is 122 Å². The molecule has 170 valence electrons. The highest BCUT2D eigenvalue weighted by Gasteiger charge is 2.55. The van der Waals surface area contributed by atoms with Gasteiger partial charge in [0.05, 0.1) is 20.5 Å². The van der Waals surface area contributed by atoms with E-state index in [4.69, 9.17) is 16.1 Å². The summed E-state index contributed by atoms with van der Waals surface area (Å²) in [5.74, 6) is -1.14. The molecule has 0 saturated heterocycles. The molecule has 0 aliphatic heterocycles. The Hall–Kier alpha value is -2.96. The molecular formula is C19H15ClF3N3O5S. The zero-order chi connectivity index (χ0) is 23.9. The van der Waals surface area contributed by atoms with E-state index in [0.717, 1.165) is 18.2 Å². The van der Waals surface area contributed by atoms with Crippen LogP contribution >= 0.6 is 11.6 Å². The molecule has 3 rings (SSSR count). The highest BCUT2D eigenvalue weighted by atomic mass is 35.5. The summed E-state index contributed by atoms with van der Waals surface area (Å²) < 4.78 is 69.0. The van der Waals surface area contributed by atoms with E-state index >= 15 is 0 Å². The fourth-order valence-electron chi connectivity index (χ4n) is 2.47. The zero-order valence-electron chi connectivity index (χ0n) is 16.4. The van der Waals surface area contributed by atoms with Gasteiger partial charge in [-0.1, -0.05) is 16.8 Å². The molecule has 1 unspecified atom stereocenters. The highest BCUT2D eigenvalue weighted by Crippen LogP contribution is 2.33. The molecule has 2 aromatic carbocycles. The lowest BCUT2D eigenvalue weighted by molar-refractivity contribution is -0.242. The van der Waals surface area contributed by atoms with Crippen molar-refractivity contribution in [2.45, 2.75) is 35.4 Å². The van der Waals surface area contributed by atoms with Crippen LogP contribution in [0.3, 0.4) is 0 Å². The number of hydrogen-bond donors (Lipinski definition) is 2. The van der Waals surface area contributed by atoms with Crippen molar-refractivity contribution in [3.63, 3.8) is 0 Å². The number of benzene rings is 2. The van der Waals surface area contributed by atoms with Crippen LogP contribution in [0.25, 0.3) is 11.4 Å². The van der Waals surface area contributed by atoms with E-state index in [2.05, 4.69) is 10.1 Å². The molecule has 1 aromatic heterocycles. The van der Waals surface area contributed by atoms with Crippen molar-refractivity contribution < 1.29 is 36.0 Å². The summed E-state index contributed by atoms with van der Waals surface area (Å²) in [5.41, 5.74) is -3.45. The lowest BCUT2D eigenvalue weighted by Gasteiger charge is -2.25. The molecule has 0 bridgehead atoms. The smallest absolute Gasteiger partial charge is 0.373 e. The van der Waals surface area contributed by atoms with Crippen LogP contribution in [0.5, 0.6) is 0 Å². The molecule has 0 spiro atoms. The van der Waals surface area contributed by atoms with E-state index in [9.17, 15) is 31.5 Å². The number of hydrogen-bond acceptors (Lipinski definition) is 7. The normalized spacial score (nSPS) is 14.1. The molecule has 0 aliphatic carbocycles. The minimum atomic E-state index is -5.22. The Morgan fingerprint density at radius 2 is 1.72 bits per heavy atom. The van der Waals surface area contributed by atoms with Crippen LogP contribution in [0.15, 0.2) is 56.8 Å². The fraction of sp³-hybridized carbons (Fsp3) is 0.211. The third kappa shape index (κ3) is 4.47. The number of carbonyl (C=O) groups excluding carboxylic acids is 1. The lowest BCUT2D eigenvalue weighted by atomic mass is 10.1. The molecule has 0 radical (unpaired) electrons. The molecule has 0 aliphatic rings. The van der Waals surface area contributed by atoms with E-state index < -0.39 is 27.5 Å². The number of alkyl halides is 3. The van der Waals surface area contributed by atoms with Gasteiger partial charge in [-0.05, 0) is 49.4 Å². The second-order valence-electron chi connectivity index (χ2n) is 6.83. The quantitative estimate of drug-likeness (QED) is 0.559. The van der Waals surface area contributed by atoms with E-state index in [1.54, 1.807) is 6.92 Å². The Morgan fingerprint density at radius 3 is 2.22 bits per heavy atom.